The van der Waals surface area contributed by atoms with Gasteiger partial charge in [0.1, 0.15) is 18.2 Å². The summed E-state index contributed by atoms with van der Waals surface area (Å²) in [7, 11) is 1.62. The van der Waals surface area contributed by atoms with Gasteiger partial charge in [-0.3, -0.25) is 0 Å². The van der Waals surface area contributed by atoms with Gasteiger partial charge in [0.25, 0.3) is 0 Å². The highest BCUT2D eigenvalue weighted by Gasteiger charge is 2.10. The van der Waals surface area contributed by atoms with Crippen molar-refractivity contribution in [3.63, 3.8) is 0 Å². The van der Waals surface area contributed by atoms with E-state index in [1.807, 2.05) is 6.92 Å². The average molecular weight is 227 g/mol. The zero-order valence-electron chi connectivity index (χ0n) is 9.87. The zero-order valence-corrected chi connectivity index (χ0v) is 9.87. The standard InChI is InChI=1S/C12H18FNO2/c1-8(15-3)7-16-12-5-4-10(13)6-11(12)9(2)14/h4-6,8-9H,7,14H2,1-3H3. The van der Waals surface area contributed by atoms with Gasteiger partial charge in [-0.25, -0.2) is 4.39 Å². The van der Waals surface area contributed by atoms with Crippen LogP contribution >= 0.6 is 0 Å². The number of benzene rings is 1. The first-order valence-electron chi connectivity index (χ1n) is 5.25. The van der Waals surface area contributed by atoms with E-state index in [1.165, 1.54) is 12.1 Å². The maximum atomic E-state index is 13.0. The van der Waals surface area contributed by atoms with E-state index in [9.17, 15) is 4.39 Å². The molecule has 0 radical (unpaired) electrons. The van der Waals surface area contributed by atoms with Crippen LogP contribution in [-0.4, -0.2) is 19.8 Å². The second-order valence-corrected chi connectivity index (χ2v) is 3.83. The Morgan fingerprint density at radius 2 is 2.06 bits per heavy atom. The lowest BCUT2D eigenvalue weighted by Crippen LogP contribution is -2.17. The highest BCUT2D eigenvalue weighted by Crippen LogP contribution is 2.24. The molecule has 0 amide bonds. The zero-order chi connectivity index (χ0) is 12.1. The molecular weight excluding hydrogens is 209 g/mol. The molecule has 0 spiro atoms. The molecule has 0 saturated carbocycles. The Hall–Kier alpha value is -1.13. The van der Waals surface area contributed by atoms with Gasteiger partial charge in [-0.1, -0.05) is 0 Å². The molecule has 0 saturated heterocycles. The van der Waals surface area contributed by atoms with Crippen LogP contribution < -0.4 is 10.5 Å². The van der Waals surface area contributed by atoms with E-state index in [2.05, 4.69) is 0 Å². The van der Waals surface area contributed by atoms with Crippen molar-refractivity contribution in [2.75, 3.05) is 13.7 Å². The van der Waals surface area contributed by atoms with E-state index in [4.69, 9.17) is 15.2 Å². The molecule has 1 aromatic rings. The highest BCUT2D eigenvalue weighted by molar-refractivity contribution is 5.36. The van der Waals surface area contributed by atoms with Crippen LogP contribution in [0.4, 0.5) is 4.39 Å². The Morgan fingerprint density at radius 1 is 1.38 bits per heavy atom. The molecule has 0 heterocycles. The molecule has 90 valence electrons. The van der Waals surface area contributed by atoms with Crippen LogP contribution in [0.5, 0.6) is 5.75 Å². The van der Waals surface area contributed by atoms with Gasteiger partial charge in [0.2, 0.25) is 0 Å². The second kappa shape index (κ2) is 5.82. The summed E-state index contributed by atoms with van der Waals surface area (Å²) in [5, 5.41) is 0. The van der Waals surface area contributed by atoms with Gasteiger partial charge in [-0.05, 0) is 32.0 Å². The minimum Gasteiger partial charge on any atom is -0.491 e. The maximum absolute atomic E-state index is 13.0. The first-order valence-corrected chi connectivity index (χ1v) is 5.25. The van der Waals surface area contributed by atoms with Gasteiger partial charge in [0, 0.05) is 18.7 Å². The molecule has 0 aromatic heterocycles. The molecule has 0 aliphatic heterocycles. The second-order valence-electron chi connectivity index (χ2n) is 3.83. The monoisotopic (exact) mass is 227 g/mol. The lowest BCUT2D eigenvalue weighted by atomic mass is 10.1. The molecule has 2 atom stereocenters. The van der Waals surface area contributed by atoms with Crippen molar-refractivity contribution in [2.24, 2.45) is 5.73 Å². The largest absolute Gasteiger partial charge is 0.491 e. The van der Waals surface area contributed by atoms with E-state index >= 15 is 0 Å². The third-order valence-corrected chi connectivity index (χ3v) is 2.34. The van der Waals surface area contributed by atoms with E-state index in [0.717, 1.165) is 0 Å². The van der Waals surface area contributed by atoms with Crippen molar-refractivity contribution in [2.45, 2.75) is 26.0 Å². The normalized spacial score (nSPS) is 14.6. The number of nitrogens with two attached hydrogens (primary N) is 1. The molecule has 4 heteroatoms. The molecule has 0 aliphatic rings. The predicted molar refractivity (Wildman–Crippen MR) is 61.0 cm³/mol. The van der Waals surface area contributed by atoms with E-state index < -0.39 is 0 Å². The first-order chi connectivity index (χ1) is 7.54. The number of hydrogen-bond donors (Lipinski definition) is 1. The van der Waals surface area contributed by atoms with Gasteiger partial charge in [0.05, 0.1) is 6.10 Å². The lowest BCUT2D eigenvalue weighted by molar-refractivity contribution is 0.0711. The minimum absolute atomic E-state index is 0.00835. The fourth-order valence-corrected chi connectivity index (χ4v) is 1.28. The molecular formula is C12H18FNO2. The number of ether oxygens (including phenoxy) is 2. The lowest BCUT2D eigenvalue weighted by Gasteiger charge is -2.16. The quantitative estimate of drug-likeness (QED) is 0.839. The Kier molecular flexibility index (Phi) is 4.71. The molecule has 0 aliphatic carbocycles. The summed E-state index contributed by atoms with van der Waals surface area (Å²) in [4.78, 5) is 0. The van der Waals surface area contributed by atoms with Crippen molar-refractivity contribution in [1.82, 2.24) is 0 Å². The third kappa shape index (κ3) is 3.47. The topological polar surface area (TPSA) is 44.5 Å². The van der Waals surface area contributed by atoms with Gasteiger partial charge < -0.3 is 15.2 Å². The summed E-state index contributed by atoms with van der Waals surface area (Å²) in [6, 6.07) is 4.09. The molecule has 1 aromatic carbocycles. The summed E-state index contributed by atoms with van der Waals surface area (Å²) in [5.74, 6) is 0.305. The van der Waals surface area contributed by atoms with Crippen LogP contribution in [0.2, 0.25) is 0 Å². The number of methoxy groups -OCH3 is 1. The Balaban J connectivity index is 2.78. The van der Waals surface area contributed by atoms with Crippen LogP contribution in [0, 0.1) is 5.82 Å². The van der Waals surface area contributed by atoms with Crippen LogP contribution in [0.3, 0.4) is 0 Å². The van der Waals surface area contributed by atoms with Crippen molar-refractivity contribution in [1.29, 1.82) is 0 Å². The van der Waals surface area contributed by atoms with Crippen molar-refractivity contribution >= 4 is 0 Å². The molecule has 1 rings (SSSR count). The molecule has 2 unspecified atom stereocenters. The Bertz CT molecular complexity index is 342. The number of hydrogen-bond acceptors (Lipinski definition) is 3. The third-order valence-electron chi connectivity index (χ3n) is 2.34. The van der Waals surface area contributed by atoms with Crippen LogP contribution in [0.25, 0.3) is 0 Å². The van der Waals surface area contributed by atoms with Gasteiger partial charge in [0.15, 0.2) is 0 Å². The highest BCUT2D eigenvalue weighted by atomic mass is 19.1. The Labute approximate surface area is 95.4 Å². The number of rotatable bonds is 5. The van der Waals surface area contributed by atoms with E-state index in [1.54, 1.807) is 20.1 Å². The summed E-state index contributed by atoms with van der Waals surface area (Å²) >= 11 is 0. The summed E-state index contributed by atoms with van der Waals surface area (Å²) in [5.41, 5.74) is 6.41. The SMILES string of the molecule is COC(C)COc1ccc(F)cc1C(C)N. The predicted octanol–water partition coefficient (Wildman–Crippen LogP) is 2.26. The summed E-state index contributed by atoms with van der Waals surface area (Å²) in [6.07, 6.45) is -0.00835. The first kappa shape index (κ1) is 12.9. The van der Waals surface area contributed by atoms with E-state index in [-0.39, 0.29) is 18.0 Å². The minimum atomic E-state index is -0.306. The van der Waals surface area contributed by atoms with Crippen LogP contribution in [0.15, 0.2) is 18.2 Å². The maximum Gasteiger partial charge on any atom is 0.124 e. The van der Waals surface area contributed by atoms with Gasteiger partial charge >= 0.3 is 0 Å². The molecule has 0 bridgehead atoms. The average Bonchev–Trinajstić information content (AvgIpc) is 2.26. The number of halogens is 1. The molecule has 3 nitrogen and oxygen atoms in total. The Morgan fingerprint density at radius 3 is 2.62 bits per heavy atom. The molecule has 2 N–H and O–H groups in total. The molecule has 0 fully saturated rings. The van der Waals surface area contributed by atoms with Crippen molar-refractivity contribution in [3.8, 4) is 5.75 Å². The van der Waals surface area contributed by atoms with Crippen molar-refractivity contribution in [3.05, 3.63) is 29.6 Å². The van der Waals surface area contributed by atoms with Gasteiger partial charge in [-0.15, -0.1) is 0 Å². The fourth-order valence-electron chi connectivity index (χ4n) is 1.28. The van der Waals surface area contributed by atoms with Crippen molar-refractivity contribution < 1.29 is 13.9 Å². The smallest absolute Gasteiger partial charge is 0.124 e. The van der Waals surface area contributed by atoms with Crippen LogP contribution in [-0.2, 0) is 4.74 Å². The van der Waals surface area contributed by atoms with Gasteiger partial charge in [-0.2, -0.15) is 0 Å². The molecule has 16 heavy (non-hydrogen) atoms. The fraction of sp³-hybridized carbons (Fsp3) is 0.500. The summed E-state index contributed by atoms with van der Waals surface area (Å²) < 4.78 is 23.6. The van der Waals surface area contributed by atoms with E-state index in [0.29, 0.717) is 17.9 Å². The van der Waals surface area contributed by atoms with Crippen LogP contribution in [0.1, 0.15) is 25.5 Å². The summed E-state index contributed by atoms with van der Waals surface area (Å²) in [6.45, 7) is 4.11.